The molecule has 266 valence electrons. The largest absolute Gasteiger partial charge is 0.309 e. The van der Waals surface area contributed by atoms with Gasteiger partial charge >= 0.3 is 0 Å². The van der Waals surface area contributed by atoms with Crippen molar-refractivity contribution in [1.82, 2.24) is 28.7 Å². The van der Waals surface area contributed by atoms with Gasteiger partial charge in [0.2, 0.25) is 5.95 Å². The molecule has 4 aromatic heterocycles. The maximum atomic E-state index is 5.20. The van der Waals surface area contributed by atoms with Gasteiger partial charge in [-0.15, -0.1) is 0 Å². The molecule has 0 fully saturated rings. The Hall–Kier alpha value is -7.83. The van der Waals surface area contributed by atoms with Crippen LogP contribution in [-0.4, -0.2) is 28.7 Å². The van der Waals surface area contributed by atoms with E-state index in [1.54, 1.807) is 0 Å². The lowest BCUT2D eigenvalue weighted by Crippen LogP contribution is -2.06. The Morgan fingerprint density at radius 1 is 0.281 bits per heavy atom. The van der Waals surface area contributed by atoms with Crippen LogP contribution in [-0.2, 0) is 0 Å². The van der Waals surface area contributed by atoms with E-state index in [9.17, 15) is 0 Å². The quantitative estimate of drug-likeness (QED) is 0.177. The highest BCUT2D eigenvalue weighted by atomic mass is 15.2. The Morgan fingerprint density at radius 3 is 1.35 bits per heavy atom. The summed E-state index contributed by atoms with van der Waals surface area (Å²) in [4.78, 5) is 15.4. The number of fused-ring (bicyclic) bond motifs is 10. The highest BCUT2D eigenvalue weighted by Crippen LogP contribution is 2.42. The summed E-state index contributed by atoms with van der Waals surface area (Å²) in [5.41, 5.74) is 10.9. The van der Waals surface area contributed by atoms with Crippen molar-refractivity contribution in [2.75, 3.05) is 0 Å². The van der Waals surface area contributed by atoms with E-state index in [1.807, 2.05) is 18.2 Å². The van der Waals surface area contributed by atoms with Crippen LogP contribution in [0.1, 0.15) is 0 Å². The van der Waals surface area contributed by atoms with Gasteiger partial charge in [0.05, 0.1) is 33.1 Å². The van der Waals surface area contributed by atoms with E-state index < -0.39 is 0 Å². The summed E-state index contributed by atoms with van der Waals surface area (Å²) >= 11 is 0. The number of benzene rings is 8. The van der Waals surface area contributed by atoms with Gasteiger partial charge in [0.15, 0.2) is 11.6 Å². The maximum absolute atomic E-state index is 5.20. The first kappa shape index (κ1) is 31.5. The molecule has 0 spiro atoms. The smallest absolute Gasteiger partial charge is 0.238 e. The van der Waals surface area contributed by atoms with Gasteiger partial charge in [0, 0.05) is 54.8 Å². The molecule has 0 aliphatic rings. The van der Waals surface area contributed by atoms with Gasteiger partial charge in [0.1, 0.15) is 0 Å². The van der Waals surface area contributed by atoms with Crippen molar-refractivity contribution in [3.05, 3.63) is 194 Å². The summed E-state index contributed by atoms with van der Waals surface area (Å²) in [6.45, 7) is 0. The Balaban J connectivity index is 1.08. The summed E-state index contributed by atoms with van der Waals surface area (Å²) in [7, 11) is 0. The molecule has 0 bridgehead atoms. The van der Waals surface area contributed by atoms with Crippen LogP contribution in [0.25, 0.3) is 106 Å². The molecule has 0 saturated carbocycles. The molecule has 8 aromatic carbocycles. The van der Waals surface area contributed by atoms with Crippen molar-refractivity contribution < 1.29 is 0 Å². The summed E-state index contributed by atoms with van der Waals surface area (Å²) < 4.78 is 6.96. The van der Waals surface area contributed by atoms with Crippen LogP contribution in [0.4, 0.5) is 0 Å². The molecule has 12 rings (SSSR count). The van der Waals surface area contributed by atoms with Crippen molar-refractivity contribution in [3.8, 4) is 40.1 Å². The molecule has 4 heterocycles. The van der Waals surface area contributed by atoms with Crippen molar-refractivity contribution in [2.24, 2.45) is 0 Å². The Kier molecular flexibility index (Phi) is 6.83. The van der Waals surface area contributed by atoms with E-state index >= 15 is 0 Å². The molecule has 6 nitrogen and oxygen atoms in total. The Labute approximate surface area is 327 Å². The second-order valence-electron chi connectivity index (χ2n) is 14.5. The van der Waals surface area contributed by atoms with Crippen molar-refractivity contribution in [3.63, 3.8) is 0 Å². The van der Waals surface area contributed by atoms with Crippen LogP contribution in [0.2, 0.25) is 0 Å². The number of aromatic nitrogens is 6. The lowest BCUT2D eigenvalue weighted by Gasteiger charge is -2.12. The standard InChI is InChI=1S/C51H32N6/c1-3-15-33(16-4-1)49-52-50(54-51(53-49)57-43-24-12-7-19-37(43)38-20-8-13-25-44(38)57)34-27-29-36(30-28-34)56-42-23-11-9-21-39(42)40-31-32-46-47(48(40)56)41-22-10-14-26-45(41)55(46)35-17-5-2-6-18-35/h1-32H. The zero-order valence-corrected chi connectivity index (χ0v) is 30.7. The topological polar surface area (TPSA) is 53.5 Å². The van der Waals surface area contributed by atoms with E-state index in [-0.39, 0.29) is 0 Å². The van der Waals surface area contributed by atoms with Gasteiger partial charge in [-0.2, -0.15) is 9.97 Å². The maximum Gasteiger partial charge on any atom is 0.238 e. The van der Waals surface area contributed by atoms with Crippen LogP contribution >= 0.6 is 0 Å². The highest BCUT2D eigenvalue weighted by Gasteiger charge is 2.22. The van der Waals surface area contributed by atoms with Crippen LogP contribution in [0.3, 0.4) is 0 Å². The van der Waals surface area contributed by atoms with E-state index in [1.165, 1.54) is 38.1 Å². The Morgan fingerprint density at radius 2 is 0.737 bits per heavy atom. The van der Waals surface area contributed by atoms with E-state index in [0.717, 1.165) is 49.8 Å². The van der Waals surface area contributed by atoms with Gasteiger partial charge in [-0.05, 0) is 66.7 Å². The number of nitrogens with zero attached hydrogens (tertiary/aromatic N) is 6. The number of rotatable bonds is 5. The summed E-state index contributed by atoms with van der Waals surface area (Å²) in [5.74, 6) is 1.82. The second-order valence-corrected chi connectivity index (χ2v) is 14.5. The van der Waals surface area contributed by atoms with Gasteiger partial charge in [-0.1, -0.05) is 127 Å². The average Bonchev–Trinajstić information content (AvgIpc) is 3.93. The third-order valence-corrected chi connectivity index (χ3v) is 11.3. The minimum Gasteiger partial charge on any atom is -0.309 e. The lowest BCUT2D eigenvalue weighted by molar-refractivity contribution is 0.953. The zero-order chi connectivity index (χ0) is 37.5. The summed E-state index contributed by atoms with van der Waals surface area (Å²) in [6, 6.07) is 68.4. The van der Waals surface area contributed by atoms with Crippen LogP contribution in [0.15, 0.2) is 194 Å². The number of hydrogen-bond donors (Lipinski definition) is 0. The van der Waals surface area contributed by atoms with Crippen LogP contribution < -0.4 is 0 Å². The molecule has 0 aliphatic heterocycles. The highest BCUT2D eigenvalue weighted by molar-refractivity contribution is 6.26. The summed E-state index contributed by atoms with van der Waals surface area (Å²) in [6.07, 6.45) is 0. The molecule has 0 unspecified atom stereocenters. The second kappa shape index (κ2) is 12.3. The molecular weight excluding hydrogens is 697 g/mol. The van der Waals surface area contributed by atoms with Gasteiger partial charge < -0.3 is 9.13 Å². The predicted octanol–water partition coefficient (Wildman–Crippen LogP) is 12.5. The normalized spacial score (nSPS) is 11.9. The fourth-order valence-electron chi connectivity index (χ4n) is 8.84. The average molecular weight is 729 g/mol. The molecular formula is C51H32N6. The molecule has 0 N–H and O–H groups in total. The third kappa shape index (κ3) is 4.74. The van der Waals surface area contributed by atoms with Gasteiger partial charge in [-0.25, -0.2) is 4.98 Å². The molecule has 0 amide bonds. The zero-order valence-electron chi connectivity index (χ0n) is 30.7. The Bertz CT molecular complexity index is 3450. The molecule has 0 saturated heterocycles. The molecule has 12 aromatic rings. The van der Waals surface area contributed by atoms with Crippen LogP contribution in [0.5, 0.6) is 0 Å². The van der Waals surface area contributed by atoms with Crippen molar-refractivity contribution >= 4 is 65.4 Å². The monoisotopic (exact) mass is 728 g/mol. The first-order valence-corrected chi connectivity index (χ1v) is 19.2. The van der Waals surface area contributed by atoms with E-state index in [2.05, 4.69) is 190 Å². The first-order chi connectivity index (χ1) is 28.3. The van der Waals surface area contributed by atoms with Crippen molar-refractivity contribution in [2.45, 2.75) is 0 Å². The van der Waals surface area contributed by atoms with Gasteiger partial charge in [-0.3, -0.25) is 4.57 Å². The van der Waals surface area contributed by atoms with E-state index in [4.69, 9.17) is 15.0 Å². The minimum atomic E-state index is 0.583. The molecule has 6 heteroatoms. The number of para-hydroxylation sites is 5. The summed E-state index contributed by atoms with van der Waals surface area (Å²) in [5, 5.41) is 7.21. The molecule has 57 heavy (non-hydrogen) atoms. The fraction of sp³-hybridized carbons (Fsp3) is 0. The number of hydrogen-bond acceptors (Lipinski definition) is 3. The predicted molar refractivity (Wildman–Crippen MR) is 234 cm³/mol. The molecule has 0 radical (unpaired) electrons. The first-order valence-electron chi connectivity index (χ1n) is 19.2. The SMILES string of the molecule is c1ccc(-c2nc(-c3ccc(-n4c5ccccc5c5ccc6c(c7ccccc7n6-c6ccccc6)c54)cc3)nc(-n3c4ccccc4c4ccccc43)n2)cc1. The lowest BCUT2D eigenvalue weighted by atomic mass is 10.1. The van der Waals surface area contributed by atoms with E-state index in [0.29, 0.717) is 17.6 Å². The molecule has 0 atom stereocenters. The van der Waals surface area contributed by atoms with Gasteiger partial charge in [0.25, 0.3) is 0 Å². The minimum absolute atomic E-state index is 0.583. The fourth-order valence-corrected chi connectivity index (χ4v) is 8.84. The van der Waals surface area contributed by atoms with Crippen LogP contribution in [0, 0.1) is 0 Å². The third-order valence-electron chi connectivity index (χ3n) is 11.3. The van der Waals surface area contributed by atoms with Crippen molar-refractivity contribution in [1.29, 1.82) is 0 Å². The molecule has 0 aliphatic carbocycles.